The van der Waals surface area contributed by atoms with Crippen molar-refractivity contribution in [3.05, 3.63) is 0 Å². The van der Waals surface area contributed by atoms with E-state index in [2.05, 4.69) is 33.0 Å². The van der Waals surface area contributed by atoms with Gasteiger partial charge in [0.1, 0.15) is 0 Å². The van der Waals surface area contributed by atoms with Crippen LogP contribution in [0, 0.1) is 23.7 Å². The van der Waals surface area contributed by atoms with Gasteiger partial charge in [0, 0.05) is 12.5 Å². The van der Waals surface area contributed by atoms with Crippen LogP contribution in [0.3, 0.4) is 0 Å². The van der Waals surface area contributed by atoms with Gasteiger partial charge >= 0.3 is 0 Å². The minimum atomic E-state index is 0.197. The molecule has 0 spiro atoms. The zero-order valence-electron chi connectivity index (χ0n) is 13.1. The number of hydrogen-bond acceptors (Lipinski definition) is 2. The number of nitrogens with two attached hydrogens (primary N) is 1. The van der Waals surface area contributed by atoms with Crippen molar-refractivity contribution in [3.8, 4) is 0 Å². The van der Waals surface area contributed by atoms with Crippen molar-refractivity contribution < 1.29 is 4.79 Å². The van der Waals surface area contributed by atoms with Crippen molar-refractivity contribution >= 4 is 5.91 Å². The Morgan fingerprint density at radius 3 is 2.26 bits per heavy atom. The Balaban J connectivity index is 2.37. The van der Waals surface area contributed by atoms with E-state index in [1.165, 1.54) is 6.42 Å². The average Bonchev–Trinajstić information content (AvgIpc) is 2.25. The summed E-state index contributed by atoms with van der Waals surface area (Å²) in [5.41, 5.74) is 5.77. The lowest BCUT2D eigenvalue weighted by Gasteiger charge is -2.32. The minimum absolute atomic E-state index is 0.197. The van der Waals surface area contributed by atoms with Crippen molar-refractivity contribution in [1.82, 2.24) is 5.32 Å². The summed E-state index contributed by atoms with van der Waals surface area (Å²) in [4.78, 5) is 12.1. The van der Waals surface area contributed by atoms with Gasteiger partial charge in [-0.05, 0) is 55.9 Å². The molecule has 3 heteroatoms. The second-order valence-electron chi connectivity index (χ2n) is 7.12. The molecule has 0 bridgehead atoms. The fraction of sp³-hybridized carbons (Fsp3) is 0.938. The van der Waals surface area contributed by atoms with Gasteiger partial charge in [-0.3, -0.25) is 4.79 Å². The predicted octanol–water partition coefficient (Wildman–Crippen LogP) is 2.94. The van der Waals surface area contributed by atoms with E-state index < -0.39 is 0 Å². The molecule has 1 aliphatic carbocycles. The van der Waals surface area contributed by atoms with E-state index in [0.717, 1.165) is 31.1 Å². The Kier molecular flexibility index (Phi) is 6.84. The third kappa shape index (κ3) is 6.42. The average molecular weight is 268 g/mol. The molecule has 0 heterocycles. The molecule has 1 amide bonds. The number of carbonyl (C=O) groups is 1. The fourth-order valence-electron chi connectivity index (χ4n) is 3.54. The first-order chi connectivity index (χ1) is 8.90. The topological polar surface area (TPSA) is 55.1 Å². The van der Waals surface area contributed by atoms with Crippen LogP contribution in [0.5, 0.6) is 0 Å². The fourth-order valence-corrected chi connectivity index (χ4v) is 3.54. The lowest BCUT2D eigenvalue weighted by atomic mass is 9.80. The molecule has 1 rings (SSSR count). The summed E-state index contributed by atoms with van der Waals surface area (Å²) in [5.74, 6) is 2.60. The van der Waals surface area contributed by atoms with Crippen molar-refractivity contribution in [1.29, 1.82) is 0 Å². The predicted molar refractivity (Wildman–Crippen MR) is 80.7 cm³/mol. The summed E-state index contributed by atoms with van der Waals surface area (Å²) in [6, 6.07) is 0.378. The molecular weight excluding hydrogens is 236 g/mol. The molecule has 2 unspecified atom stereocenters. The van der Waals surface area contributed by atoms with Gasteiger partial charge in [-0.25, -0.2) is 0 Å². The quantitative estimate of drug-likeness (QED) is 0.778. The van der Waals surface area contributed by atoms with Crippen LogP contribution < -0.4 is 11.1 Å². The van der Waals surface area contributed by atoms with Gasteiger partial charge in [0.25, 0.3) is 0 Å². The summed E-state index contributed by atoms with van der Waals surface area (Å²) in [6.07, 6.45) is 5.20. The summed E-state index contributed by atoms with van der Waals surface area (Å²) >= 11 is 0. The summed E-state index contributed by atoms with van der Waals surface area (Å²) in [7, 11) is 0. The van der Waals surface area contributed by atoms with Crippen molar-refractivity contribution in [3.63, 3.8) is 0 Å². The summed E-state index contributed by atoms with van der Waals surface area (Å²) in [6.45, 7) is 9.56. The smallest absolute Gasteiger partial charge is 0.220 e. The first-order valence-corrected chi connectivity index (χ1v) is 7.90. The van der Waals surface area contributed by atoms with Crippen molar-refractivity contribution in [2.75, 3.05) is 6.54 Å². The second kappa shape index (κ2) is 7.88. The molecule has 0 aromatic heterocycles. The highest BCUT2D eigenvalue weighted by molar-refractivity contribution is 5.76. The van der Waals surface area contributed by atoms with Crippen LogP contribution >= 0.6 is 0 Å². The van der Waals surface area contributed by atoms with Crippen LogP contribution in [0.15, 0.2) is 0 Å². The van der Waals surface area contributed by atoms with E-state index in [-0.39, 0.29) is 5.91 Å². The maximum absolute atomic E-state index is 12.1. The second-order valence-corrected chi connectivity index (χ2v) is 7.12. The molecule has 1 saturated carbocycles. The van der Waals surface area contributed by atoms with Crippen molar-refractivity contribution in [2.45, 2.75) is 65.8 Å². The van der Waals surface area contributed by atoms with Crippen LogP contribution in [-0.2, 0) is 4.79 Å². The van der Waals surface area contributed by atoms with Gasteiger partial charge < -0.3 is 11.1 Å². The lowest BCUT2D eigenvalue weighted by molar-refractivity contribution is -0.123. The van der Waals surface area contributed by atoms with Crippen LogP contribution in [0.2, 0.25) is 0 Å². The standard InChI is InChI=1S/C16H32N2O/c1-11(2)5-14(10-17)9-16(19)18-15-7-12(3)6-13(4)8-15/h11-15H,5-10,17H2,1-4H3,(H,18,19)/t12?,13?,14-,15?/m0/s1. The Morgan fingerprint density at radius 1 is 1.21 bits per heavy atom. The lowest BCUT2D eigenvalue weighted by Crippen LogP contribution is -2.41. The molecule has 112 valence electrons. The van der Waals surface area contributed by atoms with E-state index in [9.17, 15) is 4.79 Å². The Morgan fingerprint density at radius 2 is 1.79 bits per heavy atom. The van der Waals surface area contributed by atoms with Gasteiger partial charge in [-0.15, -0.1) is 0 Å². The van der Waals surface area contributed by atoms with Gasteiger partial charge in [-0.2, -0.15) is 0 Å². The highest BCUT2D eigenvalue weighted by atomic mass is 16.1. The maximum atomic E-state index is 12.1. The summed E-state index contributed by atoms with van der Waals surface area (Å²) < 4.78 is 0. The molecule has 0 radical (unpaired) electrons. The molecule has 19 heavy (non-hydrogen) atoms. The number of rotatable bonds is 6. The van der Waals surface area contributed by atoms with Crippen molar-refractivity contribution in [2.24, 2.45) is 29.4 Å². The molecule has 3 atom stereocenters. The number of carbonyl (C=O) groups excluding carboxylic acids is 1. The SMILES string of the molecule is CC(C)C[C@H](CN)CC(=O)NC1CC(C)CC(C)C1. The van der Waals surface area contributed by atoms with Crippen LogP contribution in [0.4, 0.5) is 0 Å². The van der Waals surface area contributed by atoms with Gasteiger partial charge in [-0.1, -0.05) is 27.7 Å². The van der Waals surface area contributed by atoms with Gasteiger partial charge in [0.2, 0.25) is 5.91 Å². The normalized spacial score (nSPS) is 29.3. The number of amides is 1. The largest absolute Gasteiger partial charge is 0.353 e. The Hall–Kier alpha value is -0.570. The third-order valence-electron chi connectivity index (χ3n) is 4.16. The maximum Gasteiger partial charge on any atom is 0.220 e. The summed E-state index contributed by atoms with van der Waals surface area (Å²) in [5, 5.41) is 3.22. The van der Waals surface area contributed by atoms with Crippen LogP contribution in [0.1, 0.15) is 59.8 Å². The monoisotopic (exact) mass is 268 g/mol. The number of nitrogens with one attached hydrogen (secondary N) is 1. The molecule has 0 aliphatic heterocycles. The third-order valence-corrected chi connectivity index (χ3v) is 4.16. The van der Waals surface area contributed by atoms with E-state index in [0.29, 0.717) is 30.8 Å². The van der Waals surface area contributed by atoms with E-state index >= 15 is 0 Å². The number of hydrogen-bond donors (Lipinski definition) is 2. The molecular formula is C16H32N2O. The zero-order chi connectivity index (χ0) is 14.4. The molecule has 0 saturated heterocycles. The minimum Gasteiger partial charge on any atom is -0.353 e. The first-order valence-electron chi connectivity index (χ1n) is 7.90. The van der Waals surface area contributed by atoms with Crippen LogP contribution in [0.25, 0.3) is 0 Å². The molecule has 1 aliphatic rings. The van der Waals surface area contributed by atoms with Gasteiger partial charge in [0.05, 0.1) is 0 Å². The molecule has 0 aromatic rings. The Bertz CT molecular complexity index is 268. The highest BCUT2D eigenvalue weighted by Gasteiger charge is 2.25. The molecule has 3 N–H and O–H groups in total. The van der Waals surface area contributed by atoms with E-state index in [1.807, 2.05) is 0 Å². The van der Waals surface area contributed by atoms with Crippen LogP contribution in [-0.4, -0.2) is 18.5 Å². The zero-order valence-corrected chi connectivity index (χ0v) is 13.1. The first kappa shape index (κ1) is 16.5. The van der Waals surface area contributed by atoms with E-state index in [4.69, 9.17) is 5.73 Å². The molecule has 3 nitrogen and oxygen atoms in total. The Labute approximate surface area is 118 Å². The van der Waals surface area contributed by atoms with E-state index in [1.54, 1.807) is 0 Å². The molecule has 1 fully saturated rings. The molecule has 0 aromatic carbocycles. The highest BCUT2D eigenvalue weighted by Crippen LogP contribution is 2.28. The van der Waals surface area contributed by atoms with Gasteiger partial charge in [0.15, 0.2) is 0 Å².